The fourth-order valence-corrected chi connectivity index (χ4v) is 3.87. The molecule has 0 saturated carbocycles. The van der Waals surface area contributed by atoms with E-state index < -0.39 is 0 Å². The number of rotatable bonds is 2. The molecule has 0 heterocycles. The molecule has 0 amide bonds. The third-order valence-electron chi connectivity index (χ3n) is 0.328. The first-order valence-electron chi connectivity index (χ1n) is 1.62. The molecule has 0 rings (SSSR count). The van der Waals surface area contributed by atoms with Gasteiger partial charge in [-0.3, -0.25) is 0 Å². The molecule has 2 heteroatoms. The third-order valence-corrected chi connectivity index (χ3v) is 3.56. The van der Waals surface area contributed by atoms with Gasteiger partial charge in [0.2, 0.25) is 0 Å². The first kappa shape index (κ1) is 7.05. The SMILES string of the molecule is C[Se]/C=C/[Te]C. The quantitative estimate of drug-likeness (QED) is 0.651. The van der Waals surface area contributed by atoms with Gasteiger partial charge in [0, 0.05) is 0 Å². The van der Waals surface area contributed by atoms with Crippen LogP contribution in [-0.2, 0) is 0 Å². The molecule has 0 atom stereocenters. The van der Waals surface area contributed by atoms with E-state index in [9.17, 15) is 0 Å². The molecule has 0 nitrogen and oxygen atoms in total. The zero-order valence-electron chi connectivity index (χ0n) is 3.97. The summed E-state index contributed by atoms with van der Waals surface area (Å²) < 4.78 is 2.34. The summed E-state index contributed by atoms with van der Waals surface area (Å²) in [6, 6.07) is 0. The molecule has 0 aromatic rings. The number of hydrogen-bond acceptors (Lipinski definition) is 0. The molecule has 0 N–H and O–H groups in total. The molecule has 0 aromatic heterocycles. The summed E-state index contributed by atoms with van der Waals surface area (Å²) in [6.45, 7) is 0. The summed E-state index contributed by atoms with van der Waals surface area (Å²) in [5.41, 5.74) is 0. The van der Waals surface area contributed by atoms with Crippen LogP contribution in [0.4, 0.5) is 0 Å². The van der Waals surface area contributed by atoms with Gasteiger partial charge in [-0.15, -0.1) is 0 Å². The predicted octanol–water partition coefficient (Wildman–Crippen LogP) is 0.962. The second-order valence-corrected chi connectivity index (χ2v) is 4.43. The van der Waals surface area contributed by atoms with Crippen LogP contribution in [0.5, 0.6) is 0 Å². The first-order valence-corrected chi connectivity index (χ1v) is 8.00. The molecule has 6 heavy (non-hydrogen) atoms. The number of hydrogen-bond donors (Lipinski definition) is 0. The van der Waals surface area contributed by atoms with Crippen LogP contribution < -0.4 is 0 Å². The van der Waals surface area contributed by atoms with Crippen molar-refractivity contribution in [3.8, 4) is 0 Å². The Balaban J connectivity index is 2.73. The first-order chi connectivity index (χ1) is 2.91. The van der Waals surface area contributed by atoms with E-state index in [1.54, 1.807) is 0 Å². The average molecular weight is 263 g/mol. The van der Waals surface area contributed by atoms with E-state index in [-0.39, 0.29) is 0 Å². The molecule has 36 valence electrons. The Bertz CT molecular complexity index is 36.8. The van der Waals surface area contributed by atoms with E-state index in [1.165, 1.54) is 0 Å². The van der Waals surface area contributed by atoms with Gasteiger partial charge < -0.3 is 0 Å². The summed E-state index contributed by atoms with van der Waals surface area (Å²) >= 11 is 1.08. The van der Waals surface area contributed by atoms with Gasteiger partial charge in [0.1, 0.15) is 0 Å². The molecule has 0 spiro atoms. The fraction of sp³-hybridized carbons (Fsp3) is 0.500. The Kier molecular flexibility index (Phi) is 7.11. The predicted molar refractivity (Wildman–Crippen MR) is 32.4 cm³/mol. The summed E-state index contributed by atoms with van der Waals surface area (Å²) in [5, 5.41) is 0. The molecule has 0 aliphatic rings. The molecule has 0 aromatic carbocycles. The van der Waals surface area contributed by atoms with Crippen LogP contribution in [0.3, 0.4) is 0 Å². The van der Waals surface area contributed by atoms with Crippen LogP contribution in [0.1, 0.15) is 0 Å². The van der Waals surface area contributed by atoms with Gasteiger partial charge in [0.05, 0.1) is 0 Å². The maximum atomic E-state index is 2.34. The third kappa shape index (κ3) is 5.05. The van der Waals surface area contributed by atoms with E-state index >= 15 is 0 Å². The van der Waals surface area contributed by atoms with Crippen molar-refractivity contribution < 1.29 is 0 Å². The molecule has 0 radical (unpaired) electrons. The van der Waals surface area contributed by atoms with Crippen molar-refractivity contribution in [2.24, 2.45) is 0 Å². The molecule has 0 unspecified atom stereocenters. The zero-order valence-corrected chi connectivity index (χ0v) is 8.01. The topological polar surface area (TPSA) is 0 Å². The van der Waals surface area contributed by atoms with Crippen molar-refractivity contribution in [2.45, 2.75) is 10.8 Å². The second kappa shape index (κ2) is 6.05. The van der Waals surface area contributed by atoms with E-state index in [2.05, 4.69) is 19.9 Å². The van der Waals surface area contributed by atoms with Crippen LogP contribution in [0, 0.1) is 0 Å². The minimum absolute atomic E-state index is 0.299. The molecule has 0 bridgehead atoms. The van der Waals surface area contributed by atoms with Crippen LogP contribution in [0.25, 0.3) is 0 Å². The minimum atomic E-state index is 0.299. The van der Waals surface area contributed by atoms with Crippen LogP contribution in [0.2, 0.25) is 10.8 Å². The van der Waals surface area contributed by atoms with Gasteiger partial charge in [-0.2, -0.15) is 0 Å². The molecule has 0 fully saturated rings. The summed E-state index contributed by atoms with van der Waals surface area (Å²) in [6.07, 6.45) is 0. The Morgan fingerprint density at radius 1 is 1.67 bits per heavy atom. The Morgan fingerprint density at radius 2 is 2.33 bits per heavy atom. The Hall–Kier alpha value is 1.05. The maximum absolute atomic E-state index is 2.34. The van der Waals surface area contributed by atoms with Crippen molar-refractivity contribution >= 4 is 35.9 Å². The second-order valence-electron chi connectivity index (χ2n) is 0.744. The van der Waals surface area contributed by atoms with Crippen molar-refractivity contribution in [1.29, 1.82) is 0 Å². The molecule has 0 saturated heterocycles. The normalized spacial score (nSPS) is 10.3. The van der Waals surface area contributed by atoms with Crippen LogP contribution >= 0.6 is 0 Å². The van der Waals surface area contributed by atoms with Gasteiger partial charge in [-0.05, 0) is 0 Å². The molecule has 0 aliphatic carbocycles. The van der Waals surface area contributed by atoms with Crippen molar-refractivity contribution in [3.05, 3.63) is 9.10 Å². The van der Waals surface area contributed by atoms with Gasteiger partial charge in [0.15, 0.2) is 0 Å². The van der Waals surface area contributed by atoms with Crippen LogP contribution in [-0.4, -0.2) is 35.9 Å². The zero-order chi connectivity index (χ0) is 4.83. The Morgan fingerprint density at radius 3 is 2.50 bits per heavy atom. The monoisotopic (exact) mass is 266 g/mol. The fourth-order valence-electron chi connectivity index (χ4n) is 0.111. The van der Waals surface area contributed by atoms with Gasteiger partial charge >= 0.3 is 55.8 Å². The molecular formula is C4H8SeTe. The van der Waals surface area contributed by atoms with Gasteiger partial charge in [-0.25, -0.2) is 0 Å². The summed E-state index contributed by atoms with van der Waals surface area (Å²) in [4.78, 5) is 4.59. The van der Waals surface area contributed by atoms with Gasteiger partial charge in [-0.1, -0.05) is 0 Å². The average Bonchev–Trinajstić information content (AvgIpc) is 1.61. The Labute approximate surface area is 55.6 Å². The van der Waals surface area contributed by atoms with E-state index in [0.717, 1.165) is 15.0 Å². The molecule has 0 aliphatic heterocycles. The van der Waals surface area contributed by atoms with Crippen molar-refractivity contribution in [3.63, 3.8) is 0 Å². The molecular weight excluding hydrogens is 255 g/mol. The van der Waals surface area contributed by atoms with Crippen molar-refractivity contribution in [2.75, 3.05) is 0 Å². The van der Waals surface area contributed by atoms with Crippen LogP contribution in [0.15, 0.2) is 9.10 Å². The van der Waals surface area contributed by atoms with E-state index in [0.29, 0.717) is 20.9 Å². The van der Waals surface area contributed by atoms with Gasteiger partial charge in [0.25, 0.3) is 0 Å². The van der Waals surface area contributed by atoms with E-state index in [4.69, 9.17) is 0 Å². The summed E-state index contributed by atoms with van der Waals surface area (Å²) in [5.74, 6) is 2.23. The van der Waals surface area contributed by atoms with Crippen molar-refractivity contribution in [1.82, 2.24) is 0 Å². The standard InChI is InChI=1S/C4H8SeTe/c1-5-3-4-6-2/h3-4H,1-2H3/b4-3+. The van der Waals surface area contributed by atoms with E-state index in [1.807, 2.05) is 0 Å². The summed E-state index contributed by atoms with van der Waals surface area (Å²) in [7, 11) is 0.